The zero-order chi connectivity index (χ0) is 23.0. The molecule has 4 aromatic rings. The third-order valence-corrected chi connectivity index (χ3v) is 6.22. The Bertz CT molecular complexity index is 1320. The van der Waals surface area contributed by atoms with Gasteiger partial charge in [-0.2, -0.15) is 0 Å². The van der Waals surface area contributed by atoms with Crippen LogP contribution in [0.15, 0.2) is 61.1 Å². The molecule has 33 heavy (non-hydrogen) atoms. The van der Waals surface area contributed by atoms with Gasteiger partial charge in [0.1, 0.15) is 17.7 Å². The summed E-state index contributed by atoms with van der Waals surface area (Å²) in [6.07, 6.45) is 6.68. The first kappa shape index (κ1) is 20.9. The van der Waals surface area contributed by atoms with E-state index in [2.05, 4.69) is 39.0 Å². The molecule has 0 amide bonds. The number of hydrogen-bond donors (Lipinski definition) is 2. The number of ether oxygens (including phenoxy) is 1. The van der Waals surface area contributed by atoms with Crippen molar-refractivity contribution >= 4 is 5.97 Å². The standard InChI is InChI=1S/C26H24N4O3/c1-16-5-3-4-6-19(16)22-14-29-24(30-22)21-8-7-18(12-27-21)20-13-28-23(11-17(20)2)33-15-26(9-10-26)25(31)32/h3-8,11-14H,9-10,15H2,1-2H3,(H,29,30)(H,31,32). The average Bonchev–Trinajstić information content (AvgIpc) is 3.47. The third-order valence-electron chi connectivity index (χ3n) is 6.22. The maximum absolute atomic E-state index is 11.3. The van der Waals surface area contributed by atoms with Crippen molar-refractivity contribution in [2.24, 2.45) is 5.41 Å². The predicted molar refractivity (Wildman–Crippen MR) is 125 cm³/mol. The minimum Gasteiger partial charge on any atom is -0.481 e. The Morgan fingerprint density at radius 3 is 2.48 bits per heavy atom. The van der Waals surface area contributed by atoms with Crippen LogP contribution in [0, 0.1) is 19.3 Å². The van der Waals surface area contributed by atoms with Crippen molar-refractivity contribution in [2.45, 2.75) is 26.7 Å². The van der Waals surface area contributed by atoms with E-state index in [-0.39, 0.29) is 6.61 Å². The van der Waals surface area contributed by atoms with E-state index in [4.69, 9.17) is 4.74 Å². The molecule has 3 heterocycles. The molecule has 7 heteroatoms. The molecule has 0 atom stereocenters. The molecule has 166 valence electrons. The lowest BCUT2D eigenvalue weighted by molar-refractivity contribution is -0.144. The highest BCUT2D eigenvalue weighted by molar-refractivity contribution is 5.78. The SMILES string of the molecule is Cc1cc(OCC2(C(=O)O)CC2)ncc1-c1ccc(-c2ncc(-c3ccccc3C)[nH]2)nc1. The summed E-state index contributed by atoms with van der Waals surface area (Å²) in [6.45, 7) is 4.20. The summed E-state index contributed by atoms with van der Waals surface area (Å²) in [6, 6.07) is 13.9. The summed E-state index contributed by atoms with van der Waals surface area (Å²) in [7, 11) is 0. The number of carboxylic acids is 1. The van der Waals surface area contributed by atoms with Gasteiger partial charge in [-0.15, -0.1) is 0 Å². The normalized spacial score (nSPS) is 14.1. The van der Waals surface area contributed by atoms with Gasteiger partial charge in [0.05, 0.1) is 11.9 Å². The monoisotopic (exact) mass is 440 g/mol. The van der Waals surface area contributed by atoms with E-state index in [1.807, 2.05) is 43.5 Å². The molecule has 7 nitrogen and oxygen atoms in total. The van der Waals surface area contributed by atoms with Crippen LogP contribution in [0.1, 0.15) is 24.0 Å². The van der Waals surface area contributed by atoms with Crippen LogP contribution in [0.3, 0.4) is 0 Å². The molecule has 1 aliphatic carbocycles. The number of pyridine rings is 2. The number of aromatic nitrogens is 4. The van der Waals surface area contributed by atoms with Crippen LogP contribution in [0.4, 0.5) is 0 Å². The summed E-state index contributed by atoms with van der Waals surface area (Å²) in [5.74, 6) is 0.350. The second-order valence-electron chi connectivity index (χ2n) is 8.60. The van der Waals surface area contributed by atoms with Gasteiger partial charge in [0.2, 0.25) is 5.88 Å². The van der Waals surface area contributed by atoms with Crippen molar-refractivity contribution in [1.82, 2.24) is 19.9 Å². The number of carbonyl (C=O) groups is 1. The van der Waals surface area contributed by atoms with E-state index in [0.29, 0.717) is 24.5 Å². The number of aryl methyl sites for hydroxylation is 2. The van der Waals surface area contributed by atoms with Gasteiger partial charge in [-0.1, -0.05) is 30.3 Å². The number of imidazole rings is 1. The minimum atomic E-state index is -0.801. The number of H-pyrrole nitrogens is 1. The van der Waals surface area contributed by atoms with Crippen LogP contribution in [0.2, 0.25) is 0 Å². The molecule has 1 aromatic carbocycles. The van der Waals surface area contributed by atoms with Gasteiger partial charge in [0.25, 0.3) is 0 Å². The zero-order valence-corrected chi connectivity index (χ0v) is 18.5. The molecular formula is C26H24N4O3. The van der Waals surface area contributed by atoms with Gasteiger partial charge >= 0.3 is 5.97 Å². The quantitative estimate of drug-likeness (QED) is 0.416. The first-order valence-corrected chi connectivity index (χ1v) is 10.9. The molecule has 0 spiro atoms. The first-order chi connectivity index (χ1) is 15.9. The number of aromatic amines is 1. The number of benzene rings is 1. The lowest BCUT2D eigenvalue weighted by Gasteiger charge is -2.13. The minimum absolute atomic E-state index is 0.151. The summed E-state index contributed by atoms with van der Waals surface area (Å²) in [4.78, 5) is 28.1. The molecule has 0 unspecified atom stereocenters. The second-order valence-corrected chi connectivity index (χ2v) is 8.60. The summed E-state index contributed by atoms with van der Waals surface area (Å²) in [5.41, 5.74) is 6.14. The highest BCUT2D eigenvalue weighted by atomic mass is 16.5. The molecule has 5 rings (SSSR count). The van der Waals surface area contributed by atoms with Crippen molar-refractivity contribution in [3.8, 4) is 39.8 Å². The Balaban J connectivity index is 1.32. The number of carboxylic acid groups (broad SMARTS) is 1. The number of rotatable bonds is 7. The highest BCUT2D eigenvalue weighted by Gasteiger charge is 2.51. The van der Waals surface area contributed by atoms with Crippen molar-refractivity contribution < 1.29 is 14.6 Å². The summed E-state index contributed by atoms with van der Waals surface area (Å²) < 4.78 is 5.67. The van der Waals surface area contributed by atoms with Gasteiger partial charge in [-0.25, -0.2) is 9.97 Å². The van der Waals surface area contributed by atoms with E-state index in [0.717, 1.165) is 33.6 Å². The van der Waals surface area contributed by atoms with Crippen LogP contribution >= 0.6 is 0 Å². The Kier molecular flexibility index (Phi) is 5.17. The fraction of sp³-hybridized carbons (Fsp3) is 0.231. The van der Waals surface area contributed by atoms with E-state index in [1.54, 1.807) is 12.4 Å². The number of aliphatic carboxylic acids is 1. The Morgan fingerprint density at radius 2 is 1.82 bits per heavy atom. The molecular weight excluding hydrogens is 416 g/mol. The predicted octanol–water partition coefficient (Wildman–Crippen LogP) is 5.06. The van der Waals surface area contributed by atoms with Crippen LogP contribution < -0.4 is 4.74 Å². The van der Waals surface area contributed by atoms with E-state index in [1.165, 1.54) is 5.56 Å². The highest BCUT2D eigenvalue weighted by Crippen LogP contribution is 2.46. The molecule has 3 aromatic heterocycles. The summed E-state index contributed by atoms with van der Waals surface area (Å²) >= 11 is 0. The Hall–Kier alpha value is -4.00. The molecule has 1 saturated carbocycles. The molecule has 1 fully saturated rings. The first-order valence-electron chi connectivity index (χ1n) is 10.9. The maximum atomic E-state index is 11.3. The maximum Gasteiger partial charge on any atom is 0.313 e. The zero-order valence-electron chi connectivity index (χ0n) is 18.5. The molecule has 0 aliphatic heterocycles. The second kappa shape index (κ2) is 8.16. The van der Waals surface area contributed by atoms with E-state index < -0.39 is 11.4 Å². The van der Waals surface area contributed by atoms with Crippen LogP contribution in [0.5, 0.6) is 5.88 Å². The largest absolute Gasteiger partial charge is 0.481 e. The smallest absolute Gasteiger partial charge is 0.313 e. The Morgan fingerprint density at radius 1 is 1.00 bits per heavy atom. The number of hydrogen-bond acceptors (Lipinski definition) is 5. The molecule has 0 saturated heterocycles. The van der Waals surface area contributed by atoms with E-state index >= 15 is 0 Å². The van der Waals surface area contributed by atoms with Crippen molar-refractivity contribution in [3.63, 3.8) is 0 Å². The third kappa shape index (κ3) is 4.09. The van der Waals surface area contributed by atoms with Crippen molar-refractivity contribution in [1.29, 1.82) is 0 Å². The average molecular weight is 441 g/mol. The van der Waals surface area contributed by atoms with Crippen LogP contribution in [-0.2, 0) is 4.79 Å². The lowest BCUT2D eigenvalue weighted by Crippen LogP contribution is -2.23. The van der Waals surface area contributed by atoms with Gasteiger partial charge in [-0.3, -0.25) is 9.78 Å². The van der Waals surface area contributed by atoms with Gasteiger partial charge in [0.15, 0.2) is 5.82 Å². The Labute approximate surface area is 191 Å². The van der Waals surface area contributed by atoms with Crippen LogP contribution in [-0.4, -0.2) is 37.6 Å². The van der Waals surface area contributed by atoms with Crippen molar-refractivity contribution in [2.75, 3.05) is 6.61 Å². The van der Waals surface area contributed by atoms with Gasteiger partial charge in [0, 0.05) is 35.2 Å². The van der Waals surface area contributed by atoms with Crippen molar-refractivity contribution in [3.05, 3.63) is 72.2 Å². The number of nitrogens with one attached hydrogen (secondary N) is 1. The van der Waals surface area contributed by atoms with Crippen LogP contribution in [0.25, 0.3) is 33.9 Å². The van der Waals surface area contributed by atoms with Gasteiger partial charge < -0.3 is 14.8 Å². The fourth-order valence-corrected chi connectivity index (χ4v) is 3.85. The molecule has 0 bridgehead atoms. The fourth-order valence-electron chi connectivity index (χ4n) is 3.85. The topological polar surface area (TPSA) is 101 Å². The summed E-state index contributed by atoms with van der Waals surface area (Å²) in [5, 5.41) is 9.29. The van der Waals surface area contributed by atoms with Gasteiger partial charge in [-0.05, 0) is 43.9 Å². The number of nitrogens with zero attached hydrogens (tertiary/aromatic N) is 3. The molecule has 0 radical (unpaired) electrons. The van der Waals surface area contributed by atoms with E-state index in [9.17, 15) is 9.90 Å². The molecule has 1 aliphatic rings. The molecule has 2 N–H and O–H groups in total. The lowest BCUT2D eigenvalue weighted by atomic mass is 10.0.